The molecule has 3 unspecified atom stereocenters. The van der Waals surface area contributed by atoms with Crippen molar-refractivity contribution in [2.45, 2.75) is 70.4 Å². The van der Waals surface area contributed by atoms with E-state index >= 15 is 0 Å². The van der Waals surface area contributed by atoms with Crippen molar-refractivity contribution in [2.24, 2.45) is 5.41 Å². The third-order valence-corrected chi connectivity index (χ3v) is 11.2. The van der Waals surface area contributed by atoms with Gasteiger partial charge < -0.3 is 56.0 Å². The predicted octanol–water partition coefficient (Wildman–Crippen LogP) is -1.56. The first-order valence-corrected chi connectivity index (χ1v) is 21.1. The van der Waals surface area contributed by atoms with Gasteiger partial charge in [0.05, 0.1) is 25.6 Å². The smallest absolute Gasteiger partial charge is 0.393 e. The van der Waals surface area contributed by atoms with Crippen molar-refractivity contribution in [3.63, 3.8) is 0 Å². The molecule has 3 heterocycles. The third-order valence-electron chi connectivity index (χ3n) is 7.23. The highest BCUT2D eigenvalue weighted by Gasteiger charge is 2.50. The quantitative estimate of drug-likeness (QED) is 0.0501. The molecule has 11 N–H and O–H groups in total. The van der Waals surface area contributed by atoms with Gasteiger partial charge in [0.2, 0.25) is 11.8 Å². The Labute approximate surface area is 310 Å². The second-order valence-electron chi connectivity index (χ2n) is 12.3. The number of hydrogen-bond donors (Lipinski definition) is 10. The number of carbonyl (C=O) groups excluding carboxylic acids is 3. The Morgan fingerprint density at radius 2 is 1.72 bits per heavy atom. The van der Waals surface area contributed by atoms with E-state index in [-0.39, 0.29) is 53.8 Å². The van der Waals surface area contributed by atoms with Gasteiger partial charge in [0.25, 0.3) is 0 Å². The van der Waals surface area contributed by atoms with E-state index in [4.69, 9.17) is 19.5 Å². The fourth-order valence-corrected chi connectivity index (χ4v) is 8.22. The Morgan fingerprint density at radius 3 is 2.37 bits per heavy atom. The molecule has 3 rings (SSSR count). The summed E-state index contributed by atoms with van der Waals surface area (Å²) in [4.78, 5) is 86.9. The third kappa shape index (κ3) is 13.9. The van der Waals surface area contributed by atoms with Crippen LogP contribution in [0, 0.1) is 5.41 Å². The molecule has 1 aliphatic rings. The number of nitrogens with zero attached hydrogens (tertiary/aromatic N) is 4. The number of nitrogen functional groups attached to an aromatic ring is 1. The molecule has 1 aliphatic heterocycles. The Kier molecular flexibility index (Phi) is 16.2. The second-order valence-corrected chi connectivity index (χ2v) is 17.7. The number of nitrogens with one attached hydrogen (secondary N) is 2. The van der Waals surface area contributed by atoms with Crippen molar-refractivity contribution in [3.05, 3.63) is 12.7 Å². The minimum atomic E-state index is -5.57. The first-order chi connectivity index (χ1) is 24.9. The number of nitrogens with two attached hydrogens (primary N) is 1. The zero-order valence-corrected chi connectivity index (χ0v) is 32.3. The van der Waals surface area contributed by atoms with E-state index in [9.17, 15) is 63.0 Å². The number of aliphatic hydroxyl groups is 3. The molecule has 2 aromatic rings. The van der Waals surface area contributed by atoms with Crippen LogP contribution in [0.1, 0.15) is 39.8 Å². The normalized spacial score (nSPS) is 22.6. The van der Waals surface area contributed by atoms with Gasteiger partial charge in [-0.25, -0.2) is 28.6 Å². The molecule has 2 amide bonds. The van der Waals surface area contributed by atoms with Crippen LogP contribution in [-0.2, 0) is 50.7 Å². The van der Waals surface area contributed by atoms with Crippen LogP contribution in [0.15, 0.2) is 12.7 Å². The number of amides is 2. The van der Waals surface area contributed by atoms with Gasteiger partial charge in [0, 0.05) is 37.1 Å². The highest BCUT2D eigenvalue weighted by atomic mass is 32.2. The molecule has 306 valence electrons. The average molecular weight is 854 g/mol. The summed E-state index contributed by atoms with van der Waals surface area (Å²) in [7, 11) is -16.4. The Hall–Kier alpha value is -2.48. The van der Waals surface area contributed by atoms with Gasteiger partial charge in [0.15, 0.2) is 22.8 Å². The van der Waals surface area contributed by atoms with E-state index in [1.165, 1.54) is 20.8 Å². The van der Waals surface area contributed by atoms with Crippen LogP contribution in [0.4, 0.5) is 5.82 Å². The van der Waals surface area contributed by atoms with E-state index in [2.05, 4.69) is 34.4 Å². The zero-order chi connectivity index (χ0) is 40.6. The maximum Gasteiger partial charge on any atom is 0.481 e. The van der Waals surface area contributed by atoms with E-state index in [1.54, 1.807) is 0 Å². The van der Waals surface area contributed by atoms with Gasteiger partial charge in [-0.1, -0.05) is 25.6 Å². The summed E-state index contributed by atoms with van der Waals surface area (Å²) in [5.74, 6) is -1.25. The van der Waals surface area contributed by atoms with Crippen LogP contribution in [0.3, 0.4) is 0 Å². The summed E-state index contributed by atoms with van der Waals surface area (Å²) in [5.41, 5.74) is 4.23. The summed E-state index contributed by atoms with van der Waals surface area (Å²) in [6.07, 6.45) is -7.79. The van der Waals surface area contributed by atoms with Crippen molar-refractivity contribution in [1.29, 1.82) is 0 Å². The molecule has 54 heavy (non-hydrogen) atoms. The number of anilines is 1. The van der Waals surface area contributed by atoms with Gasteiger partial charge in [-0.3, -0.25) is 32.5 Å². The minimum absolute atomic E-state index is 0.0259. The number of carbonyl (C=O) groups is 3. The van der Waals surface area contributed by atoms with Crippen molar-refractivity contribution in [2.75, 3.05) is 37.8 Å². The van der Waals surface area contributed by atoms with Crippen LogP contribution >= 0.6 is 35.2 Å². The lowest BCUT2D eigenvalue weighted by Crippen LogP contribution is -2.46. The molecular formula is C25H42N7O18P3S. The molecule has 0 saturated carbocycles. The van der Waals surface area contributed by atoms with Crippen molar-refractivity contribution in [1.82, 2.24) is 30.2 Å². The molecule has 0 spiro atoms. The zero-order valence-electron chi connectivity index (χ0n) is 28.8. The minimum Gasteiger partial charge on any atom is -0.393 e. The van der Waals surface area contributed by atoms with Gasteiger partial charge in [-0.15, -0.1) is 0 Å². The first kappa shape index (κ1) is 45.9. The Balaban J connectivity index is 1.51. The van der Waals surface area contributed by atoms with E-state index in [1.807, 2.05) is 0 Å². The van der Waals surface area contributed by atoms with Gasteiger partial charge in [-0.05, 0) is 6.92 Å². The molecule has 0 aliphatic carbocycles. The number of rotatable bonds is 21. The molecule has 8 atom stereocenters. The average Bonchev–Trinajstić information content (AvgIpc) is 3.60. The summed E-state index contributed by atoms with van der Waals surface area (Å²) < 4.78 is 61.9. The number of aromatic nitrogens is 4. The lowest BCUT2D eigenvalue weighted by molar-refractivity contribution is -0.137. The largest absolute Gasteiger partial charge is 0.481 e. The lowest BCUT2D eigenvalue weighted by Gasteiger charge is -2.30. The van der Waals surface area contributed by atoms with E-state index in [0.29, 0.717) is 0 Å². The Morgan fingerprint density at radius 1 is 1.06 bits per heavy atom. The van der Waals surface area contributed by atoms with Crippen LogP contribution in [-0.4, -0.2) is 134 Å². The van der Waals surface area contributed by atoms with Gasteiger partial charge >= 0.3 is 23.5 Å². The number of thioether (sulfide) groups is 1. The monoisotopic (exact) mass is 853 g/mol. The second kappa shape index (κ2) is 19.1. The van der Waals surface area contributed by atoms with Crippen LogP contribution < -0.4 is 16.4 Å². The standard InChI is InChI=1S/C25H42N7O18P3S/c1-13(33)8-16(35)54-7-6-27-15(34)4-5-28-23(38)20(37)25(2,3)10-47-53(44,45)50-52(42,43)46-9-14-19(49-51(39,40)41)18(36)24(48-14)32-12-31-17-21(26)29-11-30-22(17)32/h11-14,18-20,24,33,36-37H,4-10H2,1-3H3,(H,27,34)(H,28,38)(H,42,43)(H,44,45)(H2,26,29,30)(H2,39,40,41)/t13?,14-,18-,19-,20+,24-/m0/s1. The molecule has 29 heteroatoms. The number of phosphoric acid groups is 3. The highest BCUT2D eigenvalue weighted by Crippen LogP contribution is 2.61. The molecular weight excluding hydrogens is 811 g/mol. The predicted molar refractivity (Wildman–Crippen MR) is 183 cm³/mol. The lowest BCUT2D eigenvalue weighted by atomic mass is 9.87. The van der Waals surface area contributed by atoms with Crippen LogP contribution in [0.2, 0.25) is 0 Å². The summed E-state index contributed by atoms with van der Waals surface area (Å²) in [6, 6.07) is 0. The summed E-state index contributed by atoms with van der Waals surface area (Å²) >= 11 is 0.939. The van der Waals surface area contributed by atoms with Gasteiger partial charge in [-0.2, -0.15) is 4.31 Å². The van der Waals surface area contributed by atoms with Gasteiger partial charge in [0.1, 0.15) is 36.3 Å². The fourth-order valence-electron chi connectivity index (χ4n) is 4.60. The molecule has 0 radical (unpaired) electrons. The van der Waals surface area contributed by atoms with Crippen molar-refractivity contribution in [3.8, 4) is 0 Å². The van der Waals surface area contributed by atoms with Crippen molar-refractivity contribution < 1.29 is 85.6 Å². The van der Waals surface area contributed by atoms with E-state index < -0.39 is 90.7 Å². The molecule has 1 fully saturated rings. The molecule has 1 saturated heterocycles. The number of fused-ring (bicyclic) bond motifs is 1. The molecule has 0 aromatic carbocycles. The fraction of sp³-hybridized carbons (Fsp3) is 0.680. The first-order valence-electron chi connectivity index (χ1n) is 15.6. The number of phosphoric ester groups is 3. The SMILES string of the molecule is CC(O)CC(=O)SCCNC(=O)CCNC(=O)[C@@H](O)C(C)(C)COP(=O)(O)OP(=O)(O)OC[C@@H]1O[C@H](n2cnc3c(N)ncnc32)[C@@H](O)[C@H]1OP(=O)(O)O. The molecule has 0 bridgehead atoms. The number of aliphatic hydroxyl groups excluding tert-OH is 3. The summed E-state index contributed by atoms with van der Waals surface area (Å²) in [5, 5.41) is 35.2. The maximum atomic E-state index is 12.6. The van der Waals surface area contributed by atoms with Crippen LogP contribution in [0.5, 0.6) is 0 Å². The van der Waals surface area contributed by atoms with Crippen LogP contribution in [0.25, 0.3) is 11.2 Å². The summed E-state index contributed by atoms with van der Waals surface area (Å²) in [6.45, 7) is 1.83. The van der Waals surface area contributed by atoms with Crippen molar-refractivity contribution >= 4 is 69.1 Å². The number of ether oxygens (including phenoxy) is 1. The molecule has 25 nitrogen and oxygen atoms in total. The number of hydrogen-bond acceptors (Lipinski definition) is 19. The molecule has 2 aromatic heterocycles. The topological polar surface area (TPSA) is 384 Å². The maximum absolute atomic E-state index is 12.6. The van der Waals surface area contributed by atoms with E-state index in [0.717, 1.165) is 29.0 Å². The Bertz CT molecular complexity index is 1780. The highest BCUT2D eigenvalue weighted by molar-refractivity contribution is 8.13. The number of imidazole rings is 1.